The molecule has 2 aromatic heterocycles. The molecule has 142 valence electrons. The van der Waals surface area contributed by atoms with Gasteiger partial charge in [0, 0.05) is 5.56 Å². The van der Waals surface area contributed by atoms with Gasteiger partial charge in [-0.3, -0.25) is 19.8 Å². The number of carbonyl (C=O) groups excluding carboxylic acids is 3. The predicted molar refractivity (Wildman–Crippen MR) is 99.6 cm³/mol. The van der Waals surface area contributed by atoms with Crippen molar-refractivity contribution in [2.24, 2.45) is 0 Å². The molecule has 0 saturated carbocycles. The Labute approximate surface area is 164 Å². The lowest BCUT2D eigenvalue weighted by molar-refractivity contribution is -0.130. The molecule has 1 fully saturated rings. The van der Waals surface area contributed by atoms with Gasteiger partial charge in [-0.15, -0.1) is 0 Å². The van der Waals surface area contributed by atoms with Crippen LogP contribution in [0.2, 0.25) is 0 Å². The number of imide groups is 2. The summed E-state index contributed by atoms with van der Waals surface area (Å²) in [7, 11) is 0. The average Bonchev–Trinajstić information content (AvgIpc) is 3.40. The molecule has 1 saturated heterocycles. The van der Waals surface area contributed by atoms with Crippen molar-refractivity contribution in [1.29, 1.82) is 5.26 Å². The molecule has 4 rings (SSSR count). The molecular weight excluding hydrogens is 374 g/mol. The monoisotopic (exact) mass is 387 g/mol. The van der Waals surface area contributed by atoms with E-state index in [1.54, 1.807) is 48.5 Å². The van der Waals surface area contributed by atoms with E-state index in [0.717, 1.165) is 4.90 Å². The summed E-state index contributed by atoms with van der Waals surface area (Å²) >= 11 is 0. The fourth-order valence-electron chi connectivity index (χ4n) is 2.91. The molecule has 1 aromatic carbocycles. The van der Waals surface area contributed by atoms with Gasteiger partial charge in [0.05, 0.1) is 24.4 Å². The van der Waals surface area contributed by atoms with Gasteiger partial charge in [-0.1, -0.05) is 12.1 Å². The van der Waals surface area contributed by atoms with E-state index in [2.05, 4.69) is 11.4 Å². The summed E-state index contributed by atoms with van der Waals surface area (Å²) < 4.78 is 10.9. The Hall–Kier alpha value is -4.38. The number of hydrogen-bond donors (Lipinski definition) is 1. The van der Waals surface area contributed by atoms with Gasteiger partial charge in [-0.25, -0.2) is 4.79 Å². The van der Waals surface area contributed by atoms with Crippen molar-refractivity contribution in [2.45, 2.75) is 6.54 Å². The maximum absolute atomic E-state index is 12.7. The maximum atomic E-state index is 12.7. The largest absolute Gasteiger partial charge is 0.467 e. The SMILES string of the molecule is N#Cc1ccccc1-c1ccc(/C=C2\C(=O)NC(=O)N(Cc3ccco3)C2=O)o1. The zero-order valence-corrected chi connectivity index (χ0v) is 14.9. The molecule has 1 aliphatic rings. The first-order valence-electron chi connectivity index (χ1n) is 8.57. The normalized spacial score (nSPS) is 15.5. The number of rotatable bonds is 4. The highest BCUT2D eigenvalue weighted by Crippen LogP contribution is 2.27. The lowest BCUT2D eigenvalue weighted by Crippen LogP contribution is -2.53. The van der Waals surface area contributed by atoms with E-state index in [4.69, 9.17) is 8.83 Å². The van der Waals surface area contributed by atoms with Crippen molar-refractivity contribution in [3.8, 4) is 17.4 Å². The summed E-state index contributed by atoms with van der Waals surface area (Å²) in [5.74, 6) is -0.521. The zero-order chi connectivity index (χ0) is 20.4. The number of barbiturate groups is 1. The molecule has 0 bridgehead atoms. The molecule has 8 nitrogen and oxygen atoms in total. The fourth-order valence-corrected chi connectivity index (χ4v) is 2.91. The third kappa shape index (κ3) is 3.44. The zero-order valence-electron chi connectivity index (χ0n) is 14.9. The third-order valence-corrected chi connectivity index (χ3v) is 4.31. The second-order valence-electron chi connectivity index (χ2n) is 6.15. The number of benzene rings is 1. The Morgan fingerprint density at radius 2 is 1.90 bits per heavy atom. The van der Waals surface area contributed by atoms with Crippen LogP contribution in [0, 0.1) is 11.3 Å². The first-order chi connectivity index (χ1) is 14.1. The summed E-state index contributed by atoms with van der Waals surface area (Å²) in [5, 5.41) is 11.4. The predicted octanol–water partition coefficient (Wildman–Crippen LogP) is 3.07. The number of nitriles is 1. The summed E-state index contributed by atoms with van der Waals surface area (Å²) in [6.45, 7) is -0.110. The Kier molecular flexibility index (Phi) is 4.55. The summed E-state index contributed by atoms with van der Waals surface area (Å²) in [4.78, 5) is 37.8. The van der Waals surface area contributed by atoms with Gasteiger partial charge in [0.15, 0.2) is 0 Å². The lowest BCUT2D eigenvalue weighted by Gasteiger charge is -2.25. The molecule has 0 spiro atoms. The minimum Gasteiger partial charge on any atom is -0.467 e. The van der Waals surface area contributed by atoms with E-state index in [9.17, 15) is 19.6 Å². The van der Waals surface area contributed by atoms with Crippen molar-refractivity contribution >= 4 is 23.9 Å². The molecule has 1 aliphatic heterocycles. The molecular formula is C21H13N3O5. The smallest absolute Gasteiger partial charge is 0.331 e. The van der Waals surface area contributed by atoms with Crippen LogP contribution in [0.5, 0.6) is 0 Å². The molecule has 0 radical (unpaired) electrons. The number of carbonyl (C=O) groups is 3. The van der Waals surface area contributed by atoms with E-state index in [1.165, 1.54) is 12.3 Å². The van der Waals surface area contributed by atoms with Crippen LogP contribution in [-0.4, -0.2) is 22.7 Å². The molecule has 0 atom stereocenters. The molecule has 1 N–H and O–H groups in total. The number of furan rings is 2. The van der Waals surface area contributed by atoms with E-state index in [0.29, 0.717) is 22.6 Å². The minimum absolute atomic E-state index is 0.110. The van der Waals surface area contributed by atoms with Crippen LogP contribution in [0.25, 0.3) is 17.4 Å². The maximum Gasteiger partial charge on any atom is 0.331 e. The quantitative estimate of drug-likeness (QED) is 0.543. The fraction of sp³-hybridized carbons (Fsp3) is 0.0476. The van der Waals surface area contributed by atoms with Gasteiger partial charge in [-0.05, 0) is 42.5 Å². The van der Waals surface area contributed by atoms with Crippen molar-refractivity contribution in [1.82, 2.24) is 10.2 Å². The summed E-state index contributed by atoms with van der Waals surface area (Å²) in [6, 6.07) is 14.6. The standard InChI is InChI=1S/C21H13N3O5/c22-11-13-4-1-2-6-16(13)18-8-7-14(29-18)10-17-19(25)23-21(27)24(20(17)26)12-15-5-3-9-28-15/h1-10H,12H2,(H,23,25,27)/b17-10+. The molecule has 3 heterocycles. The first-order valence-corrected chi connectivity index (χ1v) is 8.57. The second-order valence-corrected chi connectivity index (χ2v) is 6.15. The van der Waals surface area contributed by atoms with Crippen LogP contribution in [0.1, 0.15) is 17.1 Å². The highest BCUT2D eigenvalue weighted by Gasteiger charge is 2.36. The minimum atomic E-state index is -0.823. The van der Waals surface area contributed by atoms with Crippen LogP contribution in [0.4, 0.5) is 4.79 Å². The molecule has 3 aromatic rings. The van der Waals surface area contributed by atoms with Crippen LogP contribution in [-0.2, 0) is 16.1 Å². The summed E-state index contributed by atoms with van der Waals surface area (Å²) in [5.41, 5.74) is 0.780. The van der Waals surface area contributed by atoms with E-state index >= 15 is 0 Å². The molecule has 8 heteroatoms. The van der Waals surface area contributed by atoms with Crippen LogP contribution < -0.4 is 5.32 Å². The van der Waals surface area contributed by atoms with Crippen molar-refractivity contribution in [3.05, 3.63) is 77.5 Å². The van der Waals surface area contributed by atoms with Crippen molar-refractivity contribution in [2.75, 3.05) is 0 Å². The van der Waals surface area contributed by atoms with E-state index < -0.39 is 17.8 Å². The van der Waals surface area contributed by atoms with Crippen LogP contribution >= 0.6 is 0 Å². The third-order valence-electron chi connectivity index (χ3n) is 4.31. The number of urea groups is 1. The Morgan fingerprint density at radius 3 is 2.66 bits per heavy atom. The summed E-state index contributed by atoms with van der Waals surface area (Å²) in [6.07, 6.45) is 2.69. The highest BCUT2D eigenvalue weighted by atomic mass is 16.3. The van der Waals surface area contributed by atoms with Gasteiger partial charge in [0.25, 0.3) is 11.8 Å². The molecule has 0 aliphatic carbocycles. The van der Waals surface area contributed by atoms with Crippen molar-refractivity contribution in [3.63, 3.8) is 0 Å². The lowest BCUT2D eigenvalue weighted by atomic mass is 10.1. The topological polar surface area (TPSA) is 117 Å². The Balaban J connectivity index is 1.64. The Morgan fingerprint density at radius 1 is 1.07 bits per heavy atom. The van der Waals surface area contributed by atoms with E-state index in [1.807, 2.05) is 0 Å². The van der Waals surface area contributed by atoms with Gasteiger partial charge < -0.3 is 8.83 Å². The van der Waals surface area contributed by atoms with Crippen molar-refractivity contribution < 1.29 is 23.2 Å². The second kappa shape index (κ2) is 7.32. The van der Waals surface area contributed by atoms with Gasteiger partial charge in [0.2, 0.25) is 0 Å². The number of nitrogens with zero attached hydrogens (tertiary/aromatic N) is 2. The highest BCUT2D eigenvalue weighted by molar-refractivity contribution is 6.30. The molecule has 29 heavy (non-hydrogen) atoms. The van der Waals surface area contributed by atoms with Gasteiger partial charge >= 0.3 is 6.03 Å². The van der Waals surface area contributed by atoms with Crippen LogP contribution in [0.15, 0.2) is 69.2 Å². The van der Waals surface area contributed by atoms with Gasteiger partial charge in [-0.2, -0.15) is 5.26 Å². The average molecular weight is 387 g/mol. The van der Waals surface area contributed by atoms with Gasteiger partial charge in [0.1, 0.15) is 22.9 Å². The molecule has 0 unspecified atom stereocenters. The first kappa shape index (κ1) is 18.0. The van der Waals surface area contributed by atoms with Crippen LogP contribution in [0.3, 0.4) is 0 Å². The van der Waals surface area contributed by atoms with E-state index in [-0.39, 0.29) is 17.9 Å². The Bertz CT molecular complexity index is 1180. The number of hydrogen-bond acceptors (Lipinski definition) is 6. The molecule has 4 amide bonds. The number of nitrogens with one attached hydrogen (secondary N) is 1. The number of amides is 4.